The highest BCUT2D eigenvalue weighted by Crippen LogP contribution is 2.50. The first-order chi connectivity index (χ1) is 14.3. The number of ether oxygens (including phenoxy) is 1. The lowest BCUT2D eigenvalue weighted by Gasteiger charge is -2.37. The van der Waals surface area contributed by atoms with Crippen molar-refractivity contribution in [2.75, 3.05) is 7.11 Å². The molecule has 1 aliphatic rings. The Labute approximate surface area is 172 Å². The van der Waals surface area contributed by atoms with Gasteiger partial charge in [-0.2, -0.15) is 0 Å². The van der Waals surface area contributed by atoms with Crippen LogP contribution in [0.5, 0.6) is 34.5 Å². The van der Waals surface area contributed by atoms with Crippen molar-refractivity contribution in [2.45, 2.75) is 24.4 Å². The Kier molecular flexibility index (Phi) is 4.83. The van der Waals surface area contributed by atoms with Gasteiger partial charge in [-0.05, 0) is 53.4 Å². The van der Waals surface area contributed by atoms with Gasteiger partial charge >= 0.3 is 0 Å². The van der Waals surface area contributed by atoms with Crippen LogP contribution in [0.25, 0.3) is 0 Å². The predicted molar refractivity (Wildman–Crippen MR) is 108 cm³/mol. The van der Waals surface area contributed by atoms with E-state index in [9.17, 15) is 30.6 Å². The summed E-state index contributed by atoms with van der Waals surface area (Å²) in [7, 11) is 1.32. The van der Waals surface area contributed by atoms with Gasteiger partial charge in [0.25, 0.3) is 0 Å². The second-order valence-corrected chi connectivity index (χ2v) is 7.47. The molecule has 0 aromatic heterocycles. The summed E-state index contributed by atoms with van der Waals surface area (Å²) in [5.74, 6) is -2.27. The summed E-state index contributed by atoms with van der Waals surface area (Å²) in [4.78, 5) is 0. The third kappa shape index (κ3) is 3.13. The molecule has 7 heteroatoms. The summed E-state index contributed by atoms with van der Waals surface area (Å²) < 4.78 is 5.11. The van der Waals surface area contributed by atoms with Crippen molar-refractivity contribution in [3.8, 4) is 34.5 Å². The van der Waals surface area contributed by atoms with Crippen LogP contribution in [-0.4, -0.2) is 43.9 Å². The Morgan fingerprint density at radius 2 is 1.50 bits per heavy atom. The highest BCUT2D eigenvalue weighted by atomic mass is 16.5. The minimum Gasteiger partial charge on any atom is -0.508 e. The summed E-state index contributed by atoms with van der Waals surface area (Å²) in [6, 6.07) is 12.1. The second kappa shape index (κ2) is 7.35. The maximum atomic E-state index is 11.3. The van der Waals surface area contributed by atoms with Gasteiger partial charge in [-0.3, -0.25) is 0 Å². The molecule has 7 nitrogen and oxygen atoms in total. The van der Waals surface area contributed by atoms with Gasteiger partial charge in [0.1, 0.15) is 5.75 Å². The van der Waals surface area contributed by atoms with Crippen LogP contribution in [0.1, 0.15) is 34.1 Å². The first-order valence-corrected chi connectivity index (χ1v) is 9.42. The van der Waals surface area contributed by atoms with Gasteiger partial charge in [0.2, 0.25) is 5.75 Å². The summed E-state index contributed by atoms with van der Waals surface area (Å²) in [6.07, 6.45) is -0.632. The van der Waals surface area contributed by atoms with Crippen LogP contribution in [0.3, 0.4) is 0 Å². The number of phenolic OH excluding ortho intramolecular Hbond substituents is 5. The SMILES string of the molecule is COc1c(O)ccc([C@@H]2c3ccc(O)cc3C[C@H](c3ccc(O)c(O)c3)[C@H]2O)c1O. The maximum absolute atomic E-state index is 11.3. The third-order valence-electron chi connectivity index (χ3n) is 5.76. The lowest BCUT2D eigenvalue weighted by molar-refractivity contribution is 0.116. The molecular formula is C23H22O7. The molecule has 3 atom stereocenters. The maximum Gasteiger partial charge on any atom is 0.203 e. The molecule has 0 saturated heterocycles. The van der Waals surface area contributed by atoms with Gasteiger partial charge in [0, 0.05) is 17.4 Å². The molecule has 156 valence electrons. The number of hydrogen-bond acceptors (Lipinski definition) is 7. The monoisotopic (exact) mass is 410 g/mol. The zero-order chi connectivity index (χ0) is 21.6. The van der Waals surface area contributed by atoms with Gasteiger partial charge in [-0.15, -0.1) is 0 Å². The number of aliphatic hydroxyl groups excluding tert-OH is 1. The van der Waals surface area contributed by atoms with Crippen molar-refractivity contribution in [1.82, 2.24) is 0 Å². The molecule has 0 unspecified atom stereocenters. The van der Waals surface area contributed by atoms with Crippen molar-refractivity contribution in [1.29, 1.82) is 0 Å². The van der Waals surface area contributed by atoms with Crippen molar-refractivity contribution in [2.24, 2.45) is 0 Å². The largest absolute Gasteiger partial charge is 0.508 e. The van der Waals surface area contributed by atoms with E-state index in [1.807, 2.05) is 0 Å². The number of hydrogen-bond donors (Lipinski definition) is 6. The second-order valence-electron chi connectivity index (χ2n) is 7.47. The topological polar surface area (TPSA) is 131 Å². The molecule has 4 rings (SSSR count). The predicted octanol–water partition coefficient (Wildman–Crippen LogP) is 3.06. The number of rotatable bonds is 3. The summed E-state index contributed by atoms with van der Waals surface area (Å²) in [5.41, 5.74) is 2.45. The van der Waals surface area contributed by atoms with Gasteiger partial charge in [-0.1, -0.05) is 18.2 Å². The molecule has 6 N–H and O–H groups in total. The zero-order valence-electron chi connectivity index (χ0n) is 16.1. The normalized spacial score (nSPS) is 20.5. The summed E-state index contributed by atoms with van der Waals surface area (Å²) in [5, 5.41) is 61.6. The van der Waals surface area contributed by atoms with Crippen LogP contribution in [0, 0.1) is 0 Å². The standard InChI is InChI=1S/C23H22O7/c1-30-23-18(26)7-5-15(22(23)29)20-14-4-3-13(24)8-12(14)9-16(21(20)28)11-2-6-17(25)19(27)10-11/h2-8,10,16,20-21,24-29H,9H2,1H3/t16-,20+,21-/m1/s1. The fourth-order valence-electron chi connectivity index (χ4n) is 4.31. The van der Waals surface area contributed by atoms with E-state index >= 15 is 0 Å². The molecule has 0 fully saturated rings. The molecule has 3 aromatic carbocycles. The van der Waals surface area contributed by atoms with Crippen LogP contribution < -0.4 is 4.74 Å². The van der Waals surface area contributed by atoms with Crippen LogP contribution in [0.15, 0.2) is 48.5 Å². The van der Waals surface area contributed by atoms with Gasteiger partial charge < -0.3 is 35.4 Å². The van der Waals surface area contributed by atoms with E-state index < -0.39 is 17.9 Å². The molecule has 1 aliphatic carbocycles. The molecular weight excluding hydrogens is 388 g/mol. The smallest absolute Gasteiger partial charge is 0.203 e. The lowest BCUT2D eigenvalue weighted by Crippen LogP contribution is -2.33. The fourth-order valence-corrected chi connectivity index (χ4v) is 4.31. The highest BCUT2D eigenvalue weighted by Gasteiger charge is 2.39. The van der Waals surface area contributed by atoms with Crippen LogP contribution in [0.2, 0.25) is 0 Å². The number of aliphatic hydroxyl groups is 1. The molecule has 0 radical (unpaired) electrons. The number of aromatic hydroxyl groups is 5. The molecule has 0 heterocycles. The Bertz CT molecular complexity index is 1110. The van der Waals surface area contributed by atoms with E-state index in [0.29, 0.717) is 17.5 Å². The minimum absolute atomic E-state index is 0.0729. The zero-order valence-corrected chi connectivity index (χ0v) is 16.1. The number of methoxy groups -OCH3 is 1. The molecule has 30 heavy (non-hydrogen) atoms. The minimum atomic E-state index is -1.01. The number of phenols is 5. The van der Waals surface area contributed by atoms with Gasteiger partial charge in [-0.25, -0.2) is 0 Å². The van der Waals surface area contributed by atoms with Crippen LogP contribution in [-0.2, 0) is 6.42 Å². The van der Waals surface area contributed by atoms with E-state index in [1.165, 1.54) is 37.4 Å². The molecule has 0 bridgehead atoms. The molecule has 0 saturated carbocycles. The average Bonchev–Trinajstić information content (AvgIpc) is 2.71. The molecule has 3 aromatic rings. The summed E-state index contributed by atoms with van der Waals surface area (Å²) in [6.45, 7) is 0. The first kappa shape index (κ1) is 19.7. The Morgan fingerprint density at radius 3 is 2.20 bits per heavy atom. The Balaban J connectivity index is 1.90. The number of benzene rings is 3. The first-order valence-electron chi connectivity index (χ1n) is 9.42. The highest BCUT2D eigenvalue weighted by molar-refractivity contribution is 5.59. The van der Waals surface area contributed by atoms with E-state index in [1.54, 1.807) is 18.2 Å². The quantitative estimate of drug-likeness (QED) is 0.366. The van der Waals surface area contributed by atoms with Crippen LogP contribution in [0.4, 0.5) is 0 Å². The molecule has 0 aliphatic heterocycles. The van der Waals surface area contributed by atoms with E-state index in [-0.39, 0.29) is 34.5 Å². The van der Waals surface area contributed by atoms with Crippen molar-refractivity contribution in [3.05, 3.63) is 70.8 Å². The van der Waals surface area contributed by atoms with E-state index in [2.05, 4.69) is 0 Å². The van der Waals surface area contributed by atoms with E-state index in [4.69, 9.17) is 4.74 Å². The lowest BCUT2D eigenvalue weighted by atomic mass is 9.69. The number of fused-ring (bicyclic) bond motifs is 1. The fraction of sp³-hybridized carbons (Fsp3) is 0.217. The van der Waals surface area contributed by atoms with Crippen molar-refractivity contribution >= 4 is 0 Å². The van der Waals surface area contributed by atoms with E-state index in [0.717, 1.165) is 11.1 Å². The summed E-state index contributed by atoms with van der Waals surface area (Å²) >= 11 is 0. The van der Waals surface area contributed by atoms with Gasteiger partial charge in [0.05, 0.1) is 13.2 Å². The third-order valence-corrected chi connectivity index (χ3v) is 5.76. The van der Waals surface area contributed by atoms with Crippen molar-refractivity contribution < 1.29 is 35.4 Å². The molecule has 0 spiro atoms. The Morgan fingerprint density at radius 1 is 0.800 bits per heavy atom. The van der Waals surface area contributed by atoms with Crippen LogP contribution >= 0.6 is 0 Å². The Hall–Kier alpha value is -3.58. The van der Waals surface area contributed by atoms with Gasteiger partial charge in [0.15, 0.2) is 23.0 Å². The molecule has 0 amide bonds. The average molecular weight is 410 g/mol. The van der Waals surface area contributed by atoms with Crippen molar-refractivity contribution in [3.63, 3.8) is 0 Å².